The van der Waals surface area contributed by atoms with Gasteiger partial charge < -0.3 is 10.3 Å². The van der Waals surface area contributed by atoms with E-state index in [1.165, 1.54) is 0 Å². The summed E-state index contributed by atoms with van der Waals surface area (Å²) >= 11 is 5.83. The molecule has 15 heavy (non-hydrogen) atoms. The monoisotopic (exact) mass is 221 g/mol. The summed E-state index contributed by atoms with van der Waals surface area (Å²) in [6.45, 7) is 0.540. The average Bonchev–Trinajstić information content (AvgIpc) is 2.75. The maximum Gasteiger partial charge on any atom is 0.0952 e. The molecule has 2 aromatic rings. The van der Waals surface area contributed by atoms with Gasteiger partial charge in [-0.1, -0.05) is 23.7 Å². The topological polar surface area (TPSA) is 43.8 Å². The smallest absolute Gasteiger partial charge is 0.0952 e. The Kier molecular flexibility index (Phi) is 3.04. The van der Waals surface area contributed by atoms with Crippen molar-refractivity contribution in [3.8, 4) is 0 Å². The second-order valence-corrected chi connectivity index (χ2v) is 3.75. The first-order chi connectivity index (χ1) is 7.31. The van der Waals surface area contributed by atoms with Gasteiger partial charge in [0.05, 0.1) is 12.4 Å². The summed E-state index contributed by atoms with van der Waals surface area (Å²) in [6.07, 6.45) is 5.43. The SMILES string of the molecule is NCC(c1ccc(Cl)cc1)n1ccnc1. The maximum atomic E-state index is 5.83. The summed E-state index contributed by atoms with van der Waals surface area (Å²) in [4.78, 5) is 4.02. The molecule has 3 nitrogen and oxygen atoms in total. The first kappa shape index (κ1) is 10.2. The molecule has 0 amide bonds. The Morgan fingerprint density at radius 3 is 2.60 bits per heavy atom. The molecule has 0 radical (unpaired) electrons. The molecule has 2 N–H and O–H groups in total. The molecule has 0 aliphatic carbocycles. The summed E-state index contributed by atoms with van der Waals surface area (Å²) < 4.78 is 1.99. The predicted octanol–water partition coefficient (Wildman–Crippen LogP) is 2.08. The van der Waals surface area contributed by atoms with Crippen molar-refractivity contribution in [2.75, 3.05) is 6.54 Å². The van der Waals surface area contributed by atoms with Crippen molar-refractivity contribution in [2.45, 2.75) is 6.04 Å². The highest BCUT2D eigenvalue weighted by atomic mass is 35.5. The van der Waals surface area contributed by atoms with Gasteiger partial charge in [-0.15, -0.1) is 0 Å². The van der Waals surface area contributed by atoms with E-state index in [9.17, 15) is 0 Å². The molecule has 4 heteroatoms. The molecule has 1 heterocycles. The highest BCUT2D eigenvalue weighted by Crippen LogP contribution is 2.19. The average molecular weight is 222 g/mol. The van der Waals surface area contributed by atoms with Gasteiger partial charge in [-0.25, -0.2) is 4.98 Å². The van der Waals surface area contributed by atoms with Crippen LogP contribution in [0.15, 0.2) is 43.0 Å². The largest absolute Gasteiger partial charge is 0.329 e. The van der Waals surface area contributed by atoms with E-state index in [-0.39, 0.29) is 6.04 Å². The Morgan fingerprint density at radius 1 is 1.33 bits per heavy atom. The number of hydrogen-bond acceptors (Lipinski definition) is 2. The van der Waals surface area contributed by atoms with Crippen molar-refractivity contribution in [1.29, 1.82) is 0 Å². The van der Waals surface area contributed by atoms with E-state index in [1.54, 1.807) is 12.5 Å². The van der Waals surface area contributed by atoms with Gasteiger partial charge in [-0.05, 0) is 17.7 Å². The van der Waals surface area contributed by atoms with Gasteiger partial charge in [-0.3, -0.25) is 0 Å². The zero-order valence-electron chi connectivity index (χ0n) is 8.18. The van der Waals surface area contributed by atoms with Crippen LogP contribution in [0.3, 0.4) is 0 Å². The Labute approximate surface area is 93.5 Å². The molecule has 2 rings (SSSR count). The summed E-state index contributed by atoms with van der Waals surface area (Å²) in [5.74, 6) is 0. The van der Waals surface area contributed by atoms with E-state index in [1.807, 2.05) is 35.0 Å². The summed E-state index contributed by atoms with van der Waals surface area (Å²) in [5, 5.41) is 0.736. The molecule has 0 aliphatic rings. The van der Waals surface area contributed by atoms with Crippen LogP contribution < -0.4 is 5.73 Å². The van der Waals surface area contributed by atoms with Crippen LogP contribution in [0, 0.1) is 0 Å². The highest BCUT2D eigenvalue weighted by Gasteiger charge is 2.10. The number of nitrogens with two attached hydrogens (primary N) is 1. The third-order valence-corrected chi connectivity index (χ3v) is 2.61. The third kappa shape index (κ3) is 2.19. The van der Waals surface area contributed by atoms with Gasteiger partial charge in [0.15, 0.2) is 0 Å². The van der Waals surface area contributed by atoms with Gasteiger partial charge in [0.2, 0.25) is 0 Å². The van der Waals surface area contributed by atoms with Crippen molar-refractivity contribution >= 4 is 11.6 Å². The fourth-order valence-electron chi connectivity index (χ4n) is 1.57. The Balaban J connectivity index is 2.31. The summed E-state index contributed by atoms with van der Waals surface area (Å²) in [6, 6.07) is 7.84. The van der Waals surface area contributed by atoms with Crippen LogP contribution in [0.25, 0.3) is 0 Å². The Hall–Kier alpha value is -1.32. The molecule has 78 valence electrons. The minimum Gasteiger partial charge on any atom is -0.329 e. The first-order valence-corrected chi connectivity index (χ1v) is 5.12. The first-order valence-electron chi connectivity index (χ1n) is 4.74. The number of nitrogens with zero attached hydrogens (tertiary/aromatic N) is 2. The molecule has 0 spiro atoms. The van der Waals surface area contributed by atoms with Crippen LogP contribution in [0.2, 0.25) is 5.02 Å². The lowest BCUT2D eigenvalue weighted by Gasteiger charge is -2.16. The molecule has 0 fully saturated rings. The number of rotatable bonds is 3. The number of hydrogen-bond donors (Lipinski definition) is 1. The molecule has 1 aromatic heterocycles. The molecule has 0 saturated heterocycles. The van der Waals surface area contributed by atoms with Gasteiger partial charge in [0, 0.05) is 24.0 Å². The lowest BCUT2D eigenvalue weighted by Crippen LogP contribution is -2.19. The number of halogens is 1. The molecule has 1 aromatic carbocycles. The fraction of sp³-hybridized carbons (Fsp3) is 0.182. The maximum absolute atomic E-state index is 5.83. The summed E-state index contributed by atoms with van der Waals surface area (Å²) in [7, 11) is 0. The van der Waals surface area contributed by atoms with Crippen molar-refractivity contribution in [2.24, 2.45) is 5.73 Å². The molecule has 1 atom stereocenters. The highest BCUT2D eigenvalue weighted by molar-refractivity contribution is 6.30. The minimum atomic E-state index is 0.129. The van der Waals surface area contributed by atoms with E-state index in [4.69, 9.17) is 17.3 Å². The molecular weight excluding hydrogens is 210 g/mol. The minimum absolute atomic E-state index is 0.129. The van der Waals surface area contributed by atoms with E-state index < -0.39 is 0 Å². The van der Waals surface area contributed by atoms with Crippen LogP contribution in [0.4, 0.5) is 0 Å². The quantitative estimate of drug-likeness (QED) is 0.863. The lowest BCUT2D eigenvalue weighted by atomic mass is 10.1. The van der Waals surface area contributed by atoms with Crippen molar-refractivity contribution in [3.05, 3.63) is 53.6 Å². The zero-order chi connectivity index (χ0) is 10.7. The van der Waals surface area contributed by atoms with Crippen molar-refractivity contribution < 1.29 is 0 Å². The number of benzene rings is 1. The normalized spacial score (nSPS) is 12.7. The van der Waals surface area contributed by atoms with Crippen LogP contribution >= 0.6 is 11.6 Å². The Morgan fingerprint density at radius 2 is 2.07 bits per heavy atom. The standard InChI is InChI=1S/C11H12ClN3/c12-10-3-1-9(2-4-10)11(7-13)15-6-5-14-8-15/h1-6,8,11H,7,13H2. The molecule has 1 unspecified atom stereocenters. The number of aromatic nitrogens is 2. The van der Waals surface area contributed by atoms with E-state index in [0.717, 1.165) is 10.6 Å². The van der Waals surface area contributed by atoms with E-state index >= 15 is 0 Å². The van der Waals surface area contributed by atoms with Crippen LogP contribution in [-0.4, -0.2) is 16.1 Å². The lowest BCUT2D eigenvalue weighted by molar-refractivity contribution is 0.594. The van der Waals surface area contributed by atoms with E-state index in [0.29, 0.717) is 6.54 Å². The van der Waals surface area contributed by atoms with Gasteiger partial charge in [-0.2, -0.15) is 0 Å². The van der Waals surface area contributed by atoms with Gasteiger partial charge in [0.1, 0.15) is 0 Å². The predicted molar refractivity (Wildman–Crippen MR) is 60.9 cm³/mol. The molecule has 0 saturated carbocycles. The van der Waals surface area contributed by atoms with Crippen LogP contribution in [0.5, 0.6) is 0 Å². The molecule has 0 aliphatic heterocycles. The Bertz CT molecular complexity index is 408. The number of imidazole rings is 1. The molecule has 0 bridgehead atoms. The second kappa shape index (κ2) is 4.47. The van der Waals surface area contributed by atoms with Crippen LogP contribution in [0.1, 0.15) is 11.6 Å². The fourth-order valence-corrected chi connectivity index (χ4v) is 1.69. The van der Waals surface area contributed by atoms with Gasteiger partial charge in [0.25, 0.3) is 0 Å². The van der Waals surface area contributed by atoms with Crippen molar-refractivity contribution in [3.63, 3.8) is 0 Å². The summed E-state index contributed by atoms with van der Waals surface area (Å²) in [5.41, 5.74) is 6.89. The molecular formula is C11H12ClN3. The van der Waals surface area contributed by atoms with Crippen molar-refractivity contribution in [1.82, 2.24) is 9.55 Å². The third-order valence-electron chi connectivity index (χ3n) is 2.36. The second-order valence-electron chi connectivity index (χ2n) is 3.31. The van der Waals surface area contributed by atoms with E-state index in [2.05, 4.69) is 4.98 Å². The van der Waals surface area contributed by atoms with Gasteiger partial charge >= 0.3 is 0 Å². The zero-order valence-corrected chi connectivity index (χ0v) is 8.93. The van der Waals surface area contributed by atoms with Crippen LogP contribution in [-0.2, 0) is 0 Å².